The maximum absolute atomic E-state index is 12.4. The van der Waals surface area contributed by atoms with Crippen LogP contribution in [-0.4, -0.2) is 16.1 Å². The fraction of sp³-hybridized carbons (Fsp3) is 0.286. The quantitative estimate of drug-likeness (QED) is 0.751. The number of amides is 1. The minimum atomic E-state index is -0.383. The van der Waals surface area contributed by atoms with Gasteiger partial charge in [-0.05, 0) is 35.6 Å². The lowest BCUT2D eigenvalue weighted by atomic mass is 9.87. The van der Waals surface area contributed by atoms with Crippen molar-refractivity contribution in [3.8, 4) is 11.5 Å². The number of nitrogens with one attached hydrogen (secondary N) is 1. The molecule has 0 aliphatic rings. The van der Waals surface area contributed by atoms with Crippen molar-refractivity contribution in [1.82, 2.24) is 15.5 Å². The fourth-order valence-corrected chi connectivity index (χ4v) is 2.63. The highest BCUT2D eigenvalue weighted by atomic mass is 16.4. The first kappa shape index (κ1) is 17.9. The summed E-state index contributed by atoms with van der Waals surface area (Å²) in [5, 5.41) is 10.8. The Morgan fingerprint density at radius 3 is 2.27 bits per heavy atom. The van der Waals surface area contributed by atoms with Crippen molar-refractivity contribution in [2.75, 3.05) is 0 Å². The zero-order chi connectivity index (χ0) is 18.7. The minimum Gasteiger partial charge on any atom is -0.412 e. The van der Waals surface area contributed by atoms with E-state index in [-0.39, 0.29) is 23.3 Å². The van der Waals surface area contributed by atoms with Crippen molar-refractivity contribution >= 4 is 5.91 Å². The number of rotatable bonds is 4. The summed E-state index contributed by atoms with van der Waals surface area (Å²) in [5.41, 5.74) is 3.10. The zero-order valence-electron chi connectivity index (χ0n) is 15.5. The van der Waals surface area contributed by atoms with Crippen molar-refractivity contribution in [2.45, 2.75) is 39.2 Å². The molecule has 1 N–H and O–H groups in total. The van der Waals surface area contributed by atoms with E-state index in [0.717, 1.165) is 11.1 Å². The molecule has 1 aromatic heterocycles. The second kappa shape index (κ2) is 7.12. The van der Waals surface area contributed by atoms with Crippen LogP contribution >= 0.6 is 0 Å². The van der Waals surface area contributed by atoms with Gasteiger partial charge in [0.15, 0.2) is 0 Å². The van der Waals surface area contributed by atoms with Gasteiger partial charge in [-0.3, -0.25) is 4.79 Å². The Hall–Kier alpha value is -2.95. The van der Waals surface area contributed by atoms with Gasteiger partial charge in [-0.25, -0.2) is 0 Å². The summed E-state index contributed by atoms with van der Waals surface area (Å²) in [5.74, 6) is -0.0860. The molecule has 0 radical (unpaired) electrons. The molecule has 0 aliphatic carbocycles. The normalized spacial score (nSPS) is 12.6. The molecule has 3 rings (SSSR count). The Kier molecular flexibility index (Phi) is 4.89. The van der Waals surface area contributed by atoms with Crippen LogP contribution in [0.25, 0.3) is 11.5 Å². The van der Waals surface area contributed by atoms with Crippen molar-refractivity contribution in [3.05, 3.63) is 71.6 Å². The minimum absolute atomic E-state index is 0.0392. The summed E-state index contributed by atoms with van der Waals surface area (Å²) < 4.78 is 5.56. The van der Waals surface area contributed by atoms with Crippen molar-refractivity contribution < 1.29 is 9.21 Å². The molecule has 134 valence electrons. The molecule has 0 saturated carbocycles. The first-order valence-electron chi connectivity index (χ1n) is 8.65. The molecule has 2 aromatic carbocycles. The van der Waals surface area contributed by atoms with Crippen LogP contribution in [0.2, 0.25) is 0 Å². The van der Waals surface area contributed by atoms with Crippen LogP contribution in [0.4, 0.5) is 0 Å². The Balaban J connectivity index is 1.72. The van der Waals surface area contributed by atoms with Gasteiger partial charge in [0.25, 0.3) is 0 Å². The van der Waals surface area contributed by atoms with E-state index in [2.05, 4.69) is 36.3 Å². The van der Waals surface area contributed by atoms with Crippen LogP contribution in [0.3, 0.4) is 0 Å². The average Bonchev–Trinajstić information content (AvgIpc) is 3.12. The van der Waals surface area contributed by atoms with Gasteiger partial charge in [-0.15, -0.1) is 10.2 Å². The van der Waals surface area contributed by atoms with E-state index < -0.39 is 0 Å². The van der Waals surface area contributed by atoms with Gasteiger partial charge >= 0.3 is 11.8 Å². The van der Waals surface area contributed by atoms with Crippen LogP contribution in [-0.2, 0) is 5.41 Å². The van der Waals surface area contributed by atoms with Gasteiger partial charge in [0, 0.05) is 5.56 Å². The van der Waals surface area contributed by atoms with E-state index >= 15 is 0 Å². The summed E-state index contributed by atoms with van der Waals surface area (Å²) in [6.45, 7) is 8.39. The molecule has 5 heteroatoms. The first-order valence-corrected chi connectivity index (χ1v) is 8.65. The van der Waals surface area contributed by atoms with Crippen LogP contribution in [0.1, 0.15) is 55.5 Å². The van der Waals surface area contributed by atoms with E-state index in [1.807, 2.05) is 61.5 Å². The largest absolute Gasteiger partial charge is 0.412 e. The van der Waals surface area contributed by atoms with E-state index in [1.165, 1.54) is 5.56 Å². The summed E-state index contributed by atoms with van der Waals surface area (Å²) in [6.07, 6.45) is 0. The van der Waals surface area contributed by atoms with E-state index in [0.29, 0.717) is 5.89 Å². The number of hydrogen-bond acceptors (Lipinski definition) is 4. The highest BCUT2D eigenvalue weighted by Gasteiger charge is 2.19. The Morgan fingerprint density at radius 2 is 1.65 bits per heavy atom. The lowest BCUT2D eigenvalue weighted by molar-refractivity contribution is 0.0905. The van der Waals surface area contributed by atoms with E-state index in [9.17, 15) is 4.79 Å². The van der Waals surface area contributed by atoms with E-state index in [4.69, 9.17) is 4.42 Å². The predicted molar refractivity (Wildman–Crippen MR) is 101 cm³/mol. The number of nitrogens with zero attached hydrogens (tertiary/aromatic N) is 2. The lowest BCUT2D eigenvalue weighted by Gasteiger charge is -2.18. The topological polar surface area (TPSA) is 68.0 Å². The van der Waals surface area contributed by atoms with Gasteiger partial charge in [0.05, 0.1) is 6.04 Å². The third-order valence-corrected chi connectivity index (χ3v) is 4.26. The molecule has 1 amide bonds. The molecular formula is C21H23N3O2. The molecule has 0 aliphatic heterocycles. The smallest absolute Gasteiger partial charge is 0.309 e. The maximum atomic E-state index is 12.4. The number of carbonyl (C=O) groups is 1. The third kappa shape index (κ3) is 3.99. The number of aromatic nitrogens is 2. The summed E-state index contributed by atoms with van der Waals surface area (Å²) >= 11 is 0. The van der Waals surface area contributed by atoms with E-state index in [1.54, 1.807) is 0 Å². The van der Waals surface area contributed by atoms with Crippen molar-refractivity contribution in [3.63, 3.8) is 0 Å². The molecule has 3 aromatic rings. The van der Waals surface area contributed by atoms with Gasteiger partial charge in [0.1, 0.15) is 0 Å². The molecular weight excluding hydrogens is 326 g/mol. The second-order valence-electron chi connectivity index (χ2n) is 7.35. The Morgan fingerprint density at radius 1 is 1.00 bits per heavy atom. The molecule has 26 heavy (non-hydrogen) atoms. The molecule has 1 heterocycles. The monoisotopic (exact) mass is 349 g/mol. The maximum Gasteiger partial charge on any atom is 0.309 e. The highest BCUT2D eigenvalue weighted by Crippen LogP contribution is 2.25. The molecule has 1 atom stereocenters. The molecule has 0 unspecified atom stereocenters. The van der Waals surface area contributed by atoms with Gasteiger partial charge in [-0.2, -0.15) is 0 Å². The number of benzene rings is 2. The SMILES string of the molecule is C[C@H](NC(=O)c1nnc(-c2ccc(C(C)(C)C)cc2)o1)c1ccccc1. The van der Waals surface area contributed by atoms with Crippen LogP contribution in [0.5, 0.6) is 0 Å². The predicted octanol–water partition coefficient (Wildman–Crippen LogP) is 4.53. The fourth-order valence-electron chi connectivity index (χ4n) is 2.63. The molecule has 0 bridgehead atoms. The number of hydrogen-bond donors (Lipinski definition) is 1. The van der Waals surface area contributed by atoms with Crippen LogP contribution in [0, 0.1) is 0 Å². The molecule has 5 nitrogen and oxygen atoms in total. The standard InChI is InChI=1S/C21H23N3O2/c1-14(15-8-6-5-7-9-15)22-18(25)20-24-23-19(26-20)16-10-12-17(13-11-16)21(2,3)4/h5-14H,1-4H3,(H,22,25)/t14-/m0/s1. The van der Waals surface area contributed by atoms with Crippen LogP contribution < -0.4 is 5.32 Å². The van der Waals surface area contributed by atoms with Crippen LogP contribution in [0.15, 0.2) is 59.0 Å². The van der Waals surface area contributed by atoms with Crippen molar-refractivity contribution in [1.29, 1.82) is 0 Å². The Labute approximate surface area is 153 Å². The zero-order valence-corrected chi connectivity index (χ0v) is 15.5. The molecule has 0 saturated heterocycles. The van der Waals surface area contributed by atoms with Gasteiger partial charge in [-0.1, -0.05) is 63.2 Å². The Bertz CT molecular complexity index is 878. The summed E-state index contributed by atoms with van der Waals surface area (Å²) in [4.78, 5) is 12.4. The van der Waals surface area contributed by atoms with Crippen molar-refractivity contribution in [2.24, 2.45) is 0 Å². The average molecular weight is 349 g/mol. The second-order valence-corrected chi connectivity index (χ2v) is 7.35. The summed E-state index contributed by atoms with van der Waals surface area (Å²) in [7, 11) is 0. The first-order chi connectivity index (χ1) is 12.3. The van der Waals surface area contributed by atoms with Gasteiger partial charge in [0.2, 0.25) is 5.89 Å². The molecule has 0 spiro atoms. The lowest BCUT2D eigenvalue weighted by Crippen LogP contribution is -2.26. The third-order valence-electron chi connectivity index (χ3n) is 4.26. The summed E-state index contributed by atoms with van der Waals surface area (Å²) in [6, 6.07) is 17.5. The number of carbonyl (C=O) groups excluding carboxylic acids is 1. The molecule has 0 fully saturated rings. The highest BCUT2D eigenvalue weighted by molar-refractivity contribution is 5.90. The van der Waals surface area contributed by atoms with Gasteiger partial charge < -0.3 is 9.73 Å².